The maximum Gasteiger partial charge on any atom is 0.338 e. The van der Waals surface area contributed by atoms with Gasteiger partial charge in [-0.15, -0.1) is 0 Å². The van der Waals surface area contributed by atoms with Crippen LogP contribution < -0.4 is 10.9 Å². The Morgan fingerprint density at radius 3 is 2.56 bits per heavy atom. The molecule has 4 aromatic rings. The van der Waals surface area contributed by atoms with Crippen molar-refractivity contribution in [3.8, 4) is 0 Å². The number of esters is 1. The Morgan fingerprint density at radius 1 is 1.04 bits per heavy atom. The smallest absolute Gasteiger partial charge is 0.338 e. The number of nitrogens with zero attached hydrogens (tertiary/aromatic N) is 4. The second-order valence-corrected chi connectivity index (χ2v) is 15.0. The van der Waals surface area contributed by atoms with E-state index < -0.39 is 5.60 Å². The van der Waals surface area contributed by atoms with Crippen molar-refractivity contribution in [1.29, 1.82) is 0 Å². The second kappa shape index (κ2) is 16.5. The zero-order valence-electron chi connectivity index (χ0n) is 30.7. The standard InChI is InChI=1S/C40H50FN5O6/c1-26-31(18-22-45-20-16-28(17-21-45)36-32-15-14-30(41)24-34(32)52-44-36)38(48)46-19-7-8-33(37(46)43-26)50-23-6-5-9-35(47)42-25-27-10-12-29(13-11-27)39(49)51-40(2,3)4/h10-15,24,28,33H,5-9,16-23,25H2,1-4H3,(H,42,47). The number of aromatic nitrogens is 3. The van der Waals surface area contributed by atoms with Gasteiger partial charge in [0.1, 0.15) is 23.3 Å². The first-order valence-electron chi connectivity index (χ1n) is 18.5. The van der Waals surface area contributed by atoms with E-state index in [1.54, 1.807) is 22.8 Å². The lowest BCUT2D eigenvalue weighted by molar-refractivity contribution is -0.121. The molecule has 1 amide bonds. The molecular weight excluding hydrogens is 665 g/mol. The number of benzene rings is 2. The molecule has 52 heavy (non-hydrogen) atoms. The molecular formula is C40H50FN5O6. The molecule has 1 atom stereocenters. The number of halogens is 1. The fourth-order valence-corrected chi connectivity index (χ4v) is 7.12. The molecule has 1 N–H and O–H groups in total. The lowest BCUT2D eigenvalue weighted by Crippen LogP contribution is -2.38. The Kier molecular flexibility index (Phi) is 11.8. The van der Waals surface area contributed by atoms with Gasteiger partial charge < -0.3 is 24.2 Å². The van der Waals surface area contributed by atoms with Crippen LogP contribution in [0.4, 0.5) is 4.39 Å². The molecule has 1 saturated heterocycles. The van der Waals surface area contributed by atoms with E-state index in [0.717, 1.165) is 79.6 Å². The number of aryl methyl sites for hydroxylation is 1. The first-order valence-corrected chi connectivity index (χ1v) is 18.5. The van der Waals surface area contributed by atoms with Crippen LogP contribution in [0, 0.1) is 12.7 Å². The van der Waals surface area contributed by atoms with Gasteiger partial charge in [-0.1, -0.05) is 17.3 Å². The molecule has 12 heteroatoms. The van der Waals surface area contributed by atoms with E-state index in [9.17, 15) is 18.8 Å². The minimum absolute atomic E-state index is 0.0307. The van der Waals surface area contributed by atoms with E-state index in [1.165, 1.54) is 12.1 Å². The molecule has 0 spiro atoms. The van der Waals surface area contributed by atoms with Crippen molar-refractivity contribution in [2.24, 2.45) is 0 Å². The third-order valence-corrected chi connectivity index (χ3v) is 9.94. The van der Waals surface area contributed by atoms with Crippen molar-refractivity contribution in [1.82, 2.24) is 24.9 Å². The van der Waals surface area contributed by atoms with Gasteiger partial charge in [-0.25, -0.2) is 14.2 Å². The normalized spacial score (nSPS) is 16.9. The van der Waals surface area contributed by atoms with Crippen LogP contribution in [0.5, 0.6) is 0 Å². The van der Waals surface area contributed by atoms with Crippen molar-refractivity contribution >= 4 is 22.8 Å². The van der Waals surface area contributed by atoms with E-state index >= 15 is 0 Å². The monoisotopic (exact) mass is 715 g/mol. The number of ether oxygens (including phenoxy) is 2. The van der Waals surface area contributed by atoms with Crippen LogP contribution in [0.2, 0.25) is 0 Å². The summed E-state index contributed by atoms with van der Waals surface area (Å²) in [7, 11) is 0. The summed E-state index contributed by atoms with van der Waals surface area (Å²) in [6, 6.07) is 11.6. The number of nitrogens with one attached hydrogen (secondary N) is 1. The molecule has 278 valence electrons. The number of fused-ring (bicyclic) bond motifs is 2. The lowest BCUT2D eigenvalue weighted by Gasteiger charge is -2.31. The summed E-state index contributed by atoms with van der Waals surface area (Å²) >= 11 is 0. The molecule has 2 aromatic heterocycles. The molecule has 2 aliphatic rings. The Morgan fingerprint density at radius 2 is 1.81 bits per heavy atom. The highest BCUT2D eigenvalue weighted by molar-refractivity contribution is 5.89. The third-order valence-electron chi connectivity index (χ3n) is 9.94. The van der Waals surface area contributed by atoms with Gasteiger partial charge in [-0.3, -0.25) is 14.2 Å². The molecule has 2 aliphatic heterocycles. The highest BCUT2D eigenvalue weighted by atomic mass is 19.1. The van der Waals surface area contributed by atoms with Crippen molar-refractivity contribution in [3.63, 3.8) is 0 Å². The van der Waals surface area contributed by atoms with Gasteiger partial charge >= 0.3 is 5.97 Å². The van der Waals surface area contributed by atoms with Gasteiger partial charge in [0.15, 0.2) is 5.58 Å². The maximum absolute atomic E-state index is 13.7. The van der Waals surface area contributed by atoms with Crippen LogP contribution >= 0.6 is 0 Å². The molecule has 11 nitrogen and oxygen atoms in total. The molecule has 0 bridgehead atoms. The summed E-state index contributed by atoms with van der Waals surface area (Å²) in [6.07, 6.45) is 5.69. The van der Waals surface area contributed by atoms with Gasteiger partial charge in [0.25, 0.3) is 5.56 Å². The fourth-order valence-electron chi connectivity index (χ4n) is 7.12. The molecule has 1 unspecified atom stereocenters. The van der Waals surface area contributed by atoms with E-state index in [1.807, 2.05) is 39.8 Å². The number of carbonyl (C=O) groups is 2. The number of unbranched alkanes of at least 4 members (excludes halogenated alkanes) is 1. The van der Waals surface area contributed by atoms with E-state index in [0.29, 0.717) is 55.9 Å². The molecule has 2 aromatic carbocycles. The van der Waals surface area contributed by atoms with Crippen molar-refractivity contribution in [2.45, 2.75) is 110 Å². The summed E-state index contributed by atoms with van der Waals surface area (Å²) in [6.45, 7) is 11.5. The van der Waals surface area contributed by atoms with Crippen molar-refractivity contribution < 1.29 is 28.0 Å². The average Bonchev–Trinajstić information content (AvgIpc) is 3.53. The van der Waals surface area contributed by atoms with Crippen LogP contribution in [0.1, 0.15) is 116 Å². The van der Waals surface area contributed by atoms with Crippen LogP contribution in [0.25, 0.3) is 11.0 Å². The molecule has 4 heterocycles. The zero-order chi connectivity index (χ0) is 36.8. The number of rotatable bonds is 13. The van der Waals surface area contributed by atoms with Gasteiger partial charge in [0.05, 0.1) is 11.3 Å². The number of amides is 1. The average molecular weight is 716 g/mol. The Labute approximate surface area is 303 Å². The minimum Gasteiger partial charge on any atom is -0.456 e. The van der Waals surface area contributed by atoms with E-state index in [4.69, 9.17) is 19.0 Å². The lowest BCUT2D eigenvalue weighted by atomic mass is 9.91. The SMILES string of the molecule is Cc1nc2n(c(=O)c1CCN1CCC(c3noc4cc(F)ccc34)CC1)CCCC2OCCCCC(=O)NCc1ccc(C(=O)OC(C)(C)C)cc1. The van der Waals surface area contributed by atoms with Gasteiger partial charge in [-0.05, 0) is 116 Å². The quantitative estimate of drug-likeness (QED) is 0.121. The topological polar surface area (TPSA) is 129 Å². The fraction of sp³-hybridized carbons (Fsp3) is 0.525. The molecule has 1 fully saturated rings. The summed E-state index contributed by atoms with van der Waals surface area (Å²) in [4.78, 5) is 45.6. The first-order chi connectivity index (χ1) is 24.9. The van der Waals surface area contributed by atoms with Gasteiger partial charge in [-0.2, -0.15) is 0 Å². The largest absolute Gasteiger partial charge is 0.456 e. The Hall–Kier alpha value is -4.42. The van der Waals surface area contributed by atoms with E-state index in [2.05, 4.69) is 15.4 Å². The number of piperidine rings is 1. The zero-order valence-corrected chi connectivity index (χ0v) is 30.7. The first kappa shape index (κ1) is 37.3. The minimum atomic E-state index is -0.556. The molecule has 0 radical (unpaired) electrons. The number of hydrogen-bond donors (Lipinski definition) is 1. The van der Waals surface area contributed by atoms with Crippen LogP contribution in [-0.2, 0) is 33.8 Å². The number of likely N-dealkylation sites (tertiary alicyclic amines) is 1. The Bertz CT molecular complexity index is 1920. The second-order valence-electron chi connectivity index (χ2n) is 15.0. The predicted molar refractivity (Wildman–Crippen MR) is 195 cm³/mol. The molecule has 6 rings (SSSR count). The summed E-state index contributed by atoms with van der Waals surface area (Å²) in [5.74, 6) is 0.225. The molecule has 0 aliphatic carbocycles. The summed E-state index contributed by atoms with van der Waals surface area (Å²) in [5, 5.41) is 8.08. The molecule has 0 saturated carbocycles. The summed E-state index contributed by atoms with van der Waals surface area (Å²) in [5.41, 5.74) is 3.77. The van der Waals surface area contributed by atoms with E-state index in [-0.39, 0.29) is 35.3 Å². The third kappa shape index (κ3) is 9.32. The van der Waals surface area contributed by atoms with Crippen LogP contribution in [0.3, 0.4) is 0 Å². The highest BCUT2D eigenvalue weighted by Gasteiger charge is 2.28. The van der Waals surface area contributed by atoms with Crippen molar-refractivity contribution in [3.05, 3.63) is 92.5 Å². The van der Waals surface area contributed by atoms with Gasteiger partial charge in [0, 0.05) is 61.3 Å². The van der Waals surface area contributed by atoms with Gasteiger partial charge in [0.2, 0.25) is 5.91 Å². The number of hydrogen-bond acceptors (Lipinski definition) is 9. The highest BCUT2D eigenvalue weighted by Crippen LogP contribution is 2.33. The summed E-state index contributed by atoms with van der Waals surface area (Å²) < 4.78 is 32.4. The predicted octanol–water partition coefficient (Wildman–Crippen LogP) is 6.55. The Balaban J connectivity index is 0.921. The van der Waals surface area contributed by atoms with Crippen LogP contribution in [-0.4, -0.2) is 63.3 Å². The van der Waals surface area contributed by atoms with Crippen LogP contribution in [0.15, 0.2) is 51.8 Å². The number of carbonyl (C=O) groups excluding carboxylic acids is 2. The van der Waals surface area contributed by atoms with Crippen molar-refractivity contribution in [2.75, 3.05) is 26.2 Å². The maximum atomic E-state index is 13.7.